The Balaban J connectivity index is 2.12. The van der Waals surface area contributed by atoms with Crippen LogP contribution >= 0.6 is 0 Å². The fourth-order valence-corrected chi connectivity index (χ4v) is 2.60. The van der Waals surface area contributed by atoms with E-state index in [2.05, 4.69) is 4.98 Å². The summed E-state index contributed by atoms with van der Waals surface area (Å²) >= 11 is 0. The van der Waals surface area contributed by atoms with Gasteiger partial charge in [-0.05, 0) is 31.6 Å². The third kappa shape index (κ3) is 2.68. The average Bonchev–Trinajstić information content (AvgIpc) is 2.71. The Morgan fingerprint density at radius 2 is 1.94 bits per heavy atom. The van der Waals surface area contributed by atoms with Crippen molar-refractivity contribution in [2.24, 2.45) is 13.0 Å². The second-order valence-electron chi connectivity index (χ2n) is 4.99. The first-order valence-electron chi connectivity index (χ1n) is 6.13. The predicted molar refractivity (Wildman–Crippen MR) is 60.0 cm³/mol. The lowest BCUT2D eigenvalue weighted by molar-refractivity contribution is -0.141. The molecule has 1 aliphatic rings. The van der Waals surface area contributed by atoms with Crippen LogP contribution in [-0.2, 0) is 13.2 Å². The highest BCUT2D eigenvalue weighted by molar-refractivity contribution is 5.11. The molecule has 1 saturated carbocycles. The van der Waals surface area contributed by atoms with E-state index in [-0.39, 0.29) is 12.5 Å². The van der Waals surface area contributed by atoms with Gasteiger partial charge < -0.3 is 9.67 Å². The minimum atomic E-state index is -4.38. The second-order valence-corrected chi connectivity index (χ2v) is 4.99. The van der Waals surface area contributed by atoms with Crippen molar-refractivity contribution in [3.05, 3.63) is 17.7 Å². The maximum absolute atomic E-state index is 12.6. The molecule has 1 heterocycles. The molecule has 1 N–H and O–H groups in total. The maximum Gasteiger partial charge on any atom is 0.434 e. The van der Waals surface area contributed by atoms with E-state index in [1.165, 1.54) is 4.57 Å². The van der Waals surface area contributed by atoms with Gasteiger partial charge in [0.1, 0.15) is 5.82 Å². The van der Waals surface area contributed by atoms with Crippen molar-refractivity contribution in [3.8, 4) is 0 Å². The van der Waals surface area contributed by atoms with Crippen molar-refractivity contribution in [3.63, 3.8) is 0 Å². The standard InChI is InChI=1S/C12H17F3N2O/c1-17-6-10(12(13,14)15)16-11(17)9-4-2-8(7-18)3-5-9/h6,8-9,18H,2-5,7H2,1H3. The second kappa shape index (κ2) is 4.91. The average molecular weight is 262 g/mol. The van der Waals surface area contributed by atoms with E-state index < -0.39 is 11.9 Å². The van der Waals surface area contributed by atoms with Gasteiger partial charge >= 0.3 is 6.18 Å². The summed E-state index contributed by atoms with van der Waals surface area (Å²) in [5.41, 5.74) is -0.815. The topological polar surface area (TPSA) is 38.0 Å². The highest BCUT2D eigenvalue weighted by Gasteiger charge is 2.35. The summed E-state index contributed by atoms with van der Waals surface area (Å²) in [6, 6.07) is 0. The summed E-state index contributed by atoms with van der Waals surface area (Å²) in [4.78, 5) is 3.73. The molecule has 1 aromatic heterocycles. The van der Waals surface area contributed by atoms with Crippen molar-refractivity contribution in [2.75, 3.05) is 6.61 Å². The first-order valence-corrected chi connectivity index (χ1v) is 6.13. The summed E-state index contributed by atoms with van der Waals surface area (Å²) in [7, 11) is 1.61. The monoisotopic (exact) mass is 262 g/mol. The molecule has 1 aliphatic carbocycles. The Labute approximate surface area is 104 Å². The summed E-state index contributed by atoms with van der Waals surface area (Å²) in [5.74, 6) is 0.885. The van der Waals surface area contributed by atoms with Crippen LogP contribution in [0.3, 0.4) is 0 Å². The molecule has 0 aliphatic heterocycles. The minimum absolute atomic E-state index is 0.0777. The lowest BCUT2D eigenvalue weighted by Gasteiger charge is -2.26. The summed E-state index contributed by atoms with van der Waals surface area (Å²) in [5, 5.41) is 9.04. The number of aliphatic hydroxyl groups is 1. The predicted octanol–water partition coefficient (Wildman–Crippen LogP) is 2.71. The maximum atomic E-state index is 12.6. The van der Waals surface area contributed by atoms with E-state index in [4.69, 9.17) is 5.11 Å². The molecule has 1 fully saturated rings. The number of rotatable bonds is 2. The molecule has 0 aromatic carbocycles. The molecule has 0 saturated heterocycles. The van der Waals surface area contributed by atoms with Crippen molar-refractivity contribution >= 4 is 0 Å². The smallest absolute Gasteiger partial charge is 0.396 e. The lowest BCUT2D eigenvalue weighted by atomic mass is 9.82. The number of hydrogen-bond acceptors (Lipinski definition) is 2. The molecule has 0 radical (unpaired) electrons. The lowest BCUT2D eigenvalue weighted by Crippen LogP contribution is -2.18. The van der Waals surface area contributed by atoms with Crippen LogP contribution in [0.1, 0.15) is 43.1 Å². The molecule has 0 bridgehead atoms. The van der Waals surface area contributed by atoms with Crippen LogP contribution in [0.25, 0.3) is 0 Å². The molecule has 1 aromatic rings. The number of halogens is 3. The van der Waals surface area contributed by atoms with E-state index in [1.807, 2.05) is 0 Å². The molecule has 3 nitrogen and oxygen atoms in total. The minimum Gasteiger partial charge on any atom is -0.396 e. The van der Waals surface area contributed by atoms with Gasteiger partial charge in [0, 0.05) is 25.8 Å². The quantitative estimate of drug-likeness (QED) is 0.890. The molecule has 102 valence electrons. The van der Waals surface area contributed by atoms with Crippen LogP contribution in [0.2, 0.25) is 0 Å². The Morgan fingerprint density at radius 1 is 1.33 bits per heavy atom. The SMILES string of the molecule is Cn1cc(C(F)(F)F)nc1C1CCC(CO)CC1. The van der Waals surface area contributed by atoms with E-state index in [1.54, 1.807) is 7.05 Å². The zero-order valence-corrected chi connectivity index (χ0v) is 10.2. The van der Waals surface area contributed by atoms with Crippen molar-refractivity contribution < 1.29 is 18.3 Å². The van der Waals surface area contributed by atoms with Crippen LogP contribution in [0.4, 0.5) is 13.2 Å². The largest absolute Gasteiger partial charge is 0.434 e. The number of alkyl halides is 3. The molecule has 0 atom stereocenters. The molecule has 6 heteroatoms. The summed E-state index contributed by atoms with van der Waals surface area (Å²) < 4.78 is 39.1. The Morgan fingerprint density at radius 3 is 2.39 bits per heavy atom. The number of hydrogen-bond donors (Lipinski definition) is 1. The number of aryl methyl sites for hydroxylation is 1. The zero-order valence-electron chi connectivity index (χ0n) is 10.2. The molecule has 0 amide bonds. The number of aromatic nitrogens is 2. The number of imidazole rings is 1. The molecule has 2 rings (SSSR count). The van der Waals surface area contributed by atoms with Crippen LogP contribution in [0.5, 0.6) is 0 Å². The molecule has 0 spiro atoms. The Bertz CT molecular complexity index is 406. The summed E-state index contributed by atoms with van der Waals surface area (Å²) in [6.07, 6.45) is -0.0166. The van der Waals surface area contributed by atoms with Crippen LogP contribution in [0.15, 0.2) is 6.20 Å². The Kier molecular flexibility index (Phi) is 3.66. The molecular weight excluding hydrogens is 245 g/mol. The molecule has 0 unspecified atom stereocenters. The Hall–Kier alpha value is -1.04. The fraction of sp³-hybridized carbons (Fsp3) is 0.750. The van der Waals surface area contributed by atoms with Crippen molar-refractivity contribution in [2.45, 2.75) is 37.8 Å². The first-order chi connectivity index (χ1) is 8.41. The third-order valence-corrected chi connectivity index (χ3v) is 3.67. The number of aliphatic hydroxyl groups excluding tert-OH is 1. The van der Waals surface area contributed by atoms with E-state index in [0.29, 0.717) is 11.7 Å². The first kappa shape index (κ1) is 13.4. The van der Waals surface area contributed by atoms with Crippen LogP contribution < -0.4 is 0 Å². The van der Waals surface area contributed by atoms with Gasteiger partial charge in [-0.2, -0.15) is 13.2 Å². The normalized spacial score (nSPS) is 25.4. The molecular formula is C12H17F3N2O. The highest BCUT2D eigenvalue weighted by Crippen LogP contribution is 2.36. The van der Waals surface area contributed by atoms with E-state index in [0.717, 1.165) is 31.9 Å². The van der Waals surface area contributed by atoms with Crippen LogP contribution in [-0.4, -0.2) is 21.3 Å². The van der Waals surface area contributed by atoms with Gasteiger partial charge in [0.2, 0.25) is 0 Å². The third-order valence-electron chi connectivity index (χ3n) is 3.67. The van der Waals surface area contributed by atoms with E-state index >= 15 is 0 Å². The zero-order chi connectivity index (χ0) is 13.3. The summed E-state index contributed by atoms with van der Waals surface area (Å²) in [6.45, 7) is 0.168. The van der Waals surface area contributed by atoms with Gasteiger partial charge in [-0.1, -0.05) is 0 Å². The van der Waals surface area contributed by atoms with Gasteiger partial charge in [0.15, 0.2) is 5.69 Å². The van der Waals surface area contributed by atoms with Crippen LogP contribution in [0, 0.1) is 5.92 Å². The van der Waals surface area contributed by atoms with Crippen molar-refractivity contribution in [1.82, 2.24) is 9.55 Å². The van der Waals surface area contributed by atoms with Gasteiger partial charge in [-0.25, -0.2) is 4.98 Å². The van der Waals surface area contributed by atoms with Gasteiger partial charge in [-0.3, -0.25) is 0 Å². The fourth-order valence-electron chi connectivity index (χ4n) is 2.60. The van der Waals surface area contributed by atoms with Gasteiger partial charge in [-0.15, -0.1) is 0 Å². The number of nitrogens with zero attached hydrogens (tertiary/aromatic N) is 2. The highest BCUT2D eigenvalue weighted by atomic mass is 19.4. The van der Waals surface area contributed by atoms with Crippen molar-refractivity contribution in [1.29, 1.82) is 0 Å². The van der Waals surface area contributed by atoms with E-state index in [9.17, 15) is 13.2 Å². The van der Waals surface area contributed by atoms with Gasteiger partial charge in [0.05, 0.1) is 0 Å². The molecule has 18 heavy (non-hydrogen) atoms. The van der Waals surface area contributed by atoms with Gasteiger partial charge in [0.25, 0.3) is 0 Å².